The molecule has 0 saturated heterocycles. The molecule has 1 aromatic rings. The van der Waals surface area contributed by atoms with Crippen LogP contribution in [0, 0.1) is 0 Å². The summed E-state index contributed by atoms with van der Waals surface area (Å²) in [6.45, 7) is 1.59. The van der Waals surface area contributed by atoms with Gasteiger partial charge in [0.25, 0.3) is 0 Å². The summed E-state index contributed by atoms with van der Waals surface area (Å²) in [4.78, 5) is 11.3. The number of hydrogen-bond donors (Lipinski definition) is 1. The zero-order valence-corrected chi connectivity index (χ0v) is 9.95. The third kappa shape index (κ3) is 3.40. The first-order chi connectivity index (χ1) is 7.45. The SMILES string of the molecule is COC(=O)C(C)(N)COc1ccc(Cl)cc1. The standard InChI is InChI=1S/C11H14ClNO3/c1-11(13,10(14)15-2)7-16-9-5-3-8(12)4-6-9/h3-6H,7,13H2,1-2H3. The number of benzene rings is 1. The summed E-state index contributed by atoms with van der Waals surface area (Å²) in [5, 5.41) is 0.621. The lowest BCUT2D eigenvalue weighted by molar-refractivity contribution is -0.147. The van der Waals surface area contributed by atoms with Gasteiger partial charge in [-0.3, -0.25) is 0 Å². The molecule has 1 unspecified atom stereocenters. The molecule has 1 atom stereocenters. The summed E-state index contributed by atoms with van der Waals surface area (Å²) in [7, 11) is 1.29. The molecular formula is C11H14ClNO3. The molecule has 0 aliphatic rings. The molecule has 0 aromatic heterocycles. The first-order valence-electron chi connectivity index (χ1n) is 4.71. The molecule has 0 spiro atoms. The normalized spacial score (nSPS) is 14.0. The van der Waals surface area contributed by atoms with Crippen LogP contribution in [0.3, 0.4) is 0 Å². The molecule has 0 fully saturated rings. The van der Waals surface area contributed by atoms with E-state index >= 15 is 0 Å². The average Bonchev–Trinajstić information content (AvgIpc) is 2.27. The quantitative estimate of drug-likeness (QED) is 0.817. The maximum atomic E-state index is 11.3. The van der Waals surface area contributed by atoms with E-state index in [1.54, 1.807) is 31.2 Å². The molecule has 0 amide bonds. The highest BCUT2D eigenvalue weighted by molar-refractivity contribution is 6.30. The number of halogens is 1. The maximum absolute atomic E-state index is 11.3. The Morgan fingerprint density at radius 1 is 1.44 bits per heavy atom. The smallest absolute Gasteiger partial charge is 0.329 e. The van der Waals surface area contributed by atoms with E-state index in [2.05, 4.69) is 4.74 Å². The van der Waals surface area contributed by atoms with Crippen LogP contribution < -0.4 is 10.5 Å². The Morgan fingerprint density at radius 3 is 2.50 bits per heavy atom. The summed E-state index contributed by atoms with van der Waals surface area (Å²) in [5.41, 5.74) is 4.56. The van der Waals surface area contributed by atoms with E-state index in [0.717, 1.165) is 0 Å². The molecule has 5 heteroatoms. The first kappa shape index (κ1) is 12.8. The Balaban J connectivity index is 2.57. The lowest BCUT2D eigenvalue weighted by atomic mass is 10.1. The molecule has 0 radical (unpaired) electrons. The van der Waals surface area contributed by atoms with Crippen molar-refractivity contribution in [2.24, 2.45) is 5.73 Å². The third-order valence-corrected chi connectivity index (χ3v) is 2.26. The van der Waals surface area contributed by atoms with E-state index < -0.39 is 11.5 Å². The number of hydrogen-bond acceptors (Lipinski definition) is 4. The summed E-state index contributed by atoms with van der Waals surface area (Å²) >= 11 is 5.72. The van der Waals surface area contributed by atoms with Crippen molar-refractivity contribution in [1.29, 1.82) is 0 Å². The van der Waals surface area contributed by atoms with Crippen molar-refractivity contribution >= 4 is 17.6 Å². The predicted octanol–water partition coefficient (Wildman–Crippen LogP) is 1.61. The Bertz CT molecular complexity index is 362. The molecule has 1 aromatic carbocycles. The molecule has 0 aliphatic carbocycles. The number of carbonyl (C=O) groups is 1. The van der Waals surface area contributed by atoms with Crippen molar-refractivity contribution < 1.29 is 14.3 Å². The second-order valence-corrected chi connectivity index (χ2v) is 4.09. The number of rotatable bonds is 4. The van der Waals surface area contributed by atoms with Crippen LogP contribution in [0.1, 0.15) is 6.92 Å². The van der Waals surface area contributed by atoms with Crippen LogP contribution in [0.15, 0.2) is 24.3 Å². The Hall–Kier alpha value is -1.26. The topological polar surface area (TPSA) is 61.5 Å². The van der Waals surface area contributed by atoms with Crippen molar-refractivity contribution in [2.75, 3.05) is 13.7 Å². The van der Waals surface area contributed by atoms with Crippen molar-refractivity contribution in [3.8, 4) is 5.75 Å². The Kier molecular flexibility index (Phi) is 4.15. The molecule has 88 valence electrons. The molecule has 2 N–H and O–H groups in total. The average molecular weight is 244 g/mol. The maximum Gasteiger partial charge on any atom is 0.329 e. The van der Waals surface area contributed by atoms with Gasteiger partial charge in [-0.25, -0.2) is 4.79 Å². The largest absolute Gasteiger partial charge is 0.491 e. The summed E-state index contributed by atoms with van der Waals surface area (Å²) in [6, 6.07) is 6.80. The molecule has 0 heterocycles. The van der Waals surface area contributed by atoms with Crippen LogP contribution >= 0.6 is 11.6 Å². The Morgan fingerprint density at radius 2 is 2.00 bits per heavy atom. The minimum Gasteiger partial charge on any atom is -0.491 e. The van der Waals surface area contributed by atoms with Crippen molar-refractivity contribution in [3.63, 3.8) is 0 Å². The number of esters is 1. The monoisotopic (exact) mass is 243 g/mol. The van der Waals surface area contributed by atoms with E-state index in [1.807, 2.05) is 0 Å². The second-order valence-electron chi connectivity index (χ2n) is 3.65. The highest BCUT2D eigenvalue weighted by atomic mass is 35.5. The van der Waals surface area contributed by atoms with E-state index in [1.165, 1.54) is 7.11 Å². The van der Waals surface area contributed by atoms with Crippen LogP contribution in [-0.4, -0.2) is 25.2 Å². The van der Waals surface area contributed by atoms with E-state index in [4.69, 9.17) is 22.1 Å². The number of nitrogens with two attached hydrogens (primary N) is 1. The van der Waals surface area contributed by atoms with Gasteiger partial charge < -0.3 is 15.2 Å². The minimum atomic E-state index is -1.16. The fourth-order valence-corrected chi connectivity index (χ4v) is 1.18. The van der Waals surface area contributed by atoms with Crippen molar-refractivity contribution in [1.82, 2.24) is 0 Å². The lowest BCUT2D eigenvalue weighted by Crippen LogP contribution is -2.50. The van der Waals surface area contributed by atoms with Gasteiger partial charge in [0.2, 0.25) is 0 Å². The highest BCUT2D eigenvalue weighted by Gasteiger charge is 2.30. The predicted molar refractivity (Wildman–Crippen MR) is 61.6 cm³/mol. The number of ether oxygens (including phenoxy) is 2. The summed E-state index contributed by atoms with van der Waals surface area (Å²) in [5.74, 6) is 0.0893. The summed E-state index contributed by atoms with van der Waals surface area (Å²) < 4.78 is 9.92. The molecule has 0 aliphatic heterocycles. The molecule has 1 rings (SSSR count). The van der Waals surface area contributed by atoms with E-state index in [-0.39, 0.29) is 6.61 Å². The number of carbonyl (C=O) groups excluding carboxylic acids is 1. The first-order valence-corrected chi connectivity index (χ1v) is 5.09. The van der Waals surface area contributed by atoms with Crippen LogP contribution in [0.4, 0.5) is 0 Å². The van der Waals surface area contributed by atoms with Crippen LogP contribution in [0.2, 0.25) is 5.02 Å². The van der Waals surface area contributed by atoms with Gasteiger partial charge in [-0.05, 0) is 31.2 Å². The highest BCUT2D eigenvalue weighted by Crippen LogP contribution is 2.16. The lowest BCUT2D eigenvalue weighted by Gasteiger charge is -2.21. The zero-order chi connectivity index (χ0) is 12.2. The van der Waals surface area contributed by atoms with Crippen LogP contribution in [0.5, 0.6) is 5.75 Å². The summed E-state index contributed by atoms with van der Waals surface area (Å²) in [6.07, 6.45) is 0. The number of methoxy groups -OCH3 is 1. The third-order valence-electron chi connectivity index (χ3n) is 2.00. The molecule has 16 heavy (non-hydrogen) atoms. The van der Waals surface area contributed by atoms with Gasteiger partial charge in [0.05, 0.1) is 7.11 Å². The van der Waals surface area contributed by atoms with E-state index in [0.29, 0.717) is 10.8 Å². The van der Waals surface area contributed by atoms with Gasteiger partial charge in [0.1, 0.15) is 17.9 Å². The zero-order valence-electron chi connectivity index (χ0n) is 9.20. The van der Waals surface area contributed by atoms with Crippen LogP contribution in [0.25, 0.3) is 0 Å². The molecule has 4 nitrogen and oxygen atoms in total. The minimum absolute atomic E-state index is 0.0430. The van der Waals surface area contributed by atoms with Gasteiger partial charge in [-0.1, -0.05) is 11.6 Å². The second kappa shape index (κ2) is 5.18. The van der Waals surface area contributed by atoms with E-state index in [9.17, 15) is 4.79 Å². The van der Waals surface area contributed by atoms with Gasteiger partial charge in [0.15, 0.2) is 0 Å². The van der Waals surface area contributed by atoms with Gasteiger partial charge in [-0.2, -0.15) is 0 Å². The molecular weight excluding hydrogens is 230 g/mol. The van der Waals surface area contributed by atoms with Crippen molar-refractivity contribution in [3.05, 3.63) is 29.3 Å². The van der Waals surface area contributed by atoms with Gasteiger partial charge in [-0.15, -0.1) is 0 Å². The van der Waals surface area contributed by atoms with Gasteiger partial charge in [0, 0.05) is 5.02 Å². The van der Waals surface area contributed by atoms with Gasteiger partial charge >= 0.3 is 5.97 Å². The molecule has 0 saturated carbocycles. The van der Waals surface area contributed by atoms with Crippen LogP contribution in [-0.2, 0) is 9.53 Å². The van der Waals surface area contributed by atoms with Crippen molar-refractivity contribution in [2.45, 2.75) is 12.5 Å². The fraction of sp³-hybridized carbons (Fsp3) is 0.364. The fourth-order valence-electron chi connectivity index (χ4n) is 1.06. The molecule has 0 bridgehead atoms. The Labute approximate surface area is 99.3 Å².